The van der Waals surface area contributed by atoms with Gasteiger partial charge in [0.2, 0.25) is 10.0 Å². The summed E-state index contributed by atoms with van der Waals surface area (Å²) in [6.45, 7) is 7.29. The highest BCUT2D eigenvalue weighted by molar-refractivity contribution is 7.89. The molecule has 0 bridgehead atoms. The van der Waals surface area contributed by atoms with Gasteiger partial charge in [-0.05, 0) is 32.6 Å². The Morgan fingerprint density at radius 3 is 2.54 bits per heavy atom. The van der Waals surface area contributed by atoms with Crippen LogP contribution in [0.15, 0.2) is 41.4 Å². The Bertz CT molecular complexity index is 797. The Balaban J connectivity index is 2.09. The summed E-state index contributed by atoms with van der Waals surface area (Å²) in [4.78, 5) is 0.316. The van der Waals surface area contributed by atoms with E-state index < -0.39 is 10.0 Å². The van der Waals surface area contributed by atoms with Crippen LogP contribution in [0.5, 0.6) is 0 Å². The van der Waals surface area contributed by atoms with Crippen LogP contribution < -0.4 is 0 Å². The molecular formula is C18H25N3O2S. The molecule has 5 nitrogen and oxygen atoms in total. The van der Waals surface area contributed by atoms with Gasteiger partial charge in [-0.15, -0.1) is 0 Å². The predicted molar refractivity (Wildman–Crippen MR) is 95.2 cm³/mol. The lowest BCUT2D eigenvalue weighted by Gasteiger charge is -2.29. The molecule has 0 N–H and O–H groups in total. The highest BCUT2D eigenvalue weighted by atomic mass is 32.2. The fourth-order valence-corrected chi connectivity index (χ4v) is 4.87. The molecule has 0 amide bonds. The van der Waals surface area contributed by atoms with Crippen molar-refractivity contribution in [1.29, 1.82) is 0 Å². The van der Waals surface area contributed by atoms with E-state index in [9.17, 15) is 8.42 Å². The van der Waals surface area contributed by atoms with Crippen LogP contribution >= 0.6 is 0 Å². The van der Waals surface area contributed by atoms with Gasteiger partial charge in [-0.25, -0.2) is 8.42 Å². The van der Waals surface area contributed by atoms with Crippen LogP contribution in [0.2, 0.25) is 0 Å². The summed E-state index contributed by atoms with van der Waals surface area (Å²) in [5.74, 6) is 0.397. The lowest BCUT2D eigenvalue weighted by Crippen LogP contribution is -2.39. The SMILES string of the molecule is CC1CCCN(S(=O)(=O)c2cn(C(C)C)nc2-c2ccccc2)C1. The van der Waals surface area contributed by atoms with E-state index in [1.807, 2.05) is 44.2 Å². The van der Waals surface area contributed by atoms with E-state index in [2.05, 4.69) is 12.0 Å². The number of piperidine rings is 1. The lowest BCUT2D eigenvalue weighted by molar-refractivity contribution is 0.281. The molecule has 1 aliphatic heterocycles. The van der Waals surface area contributed by atoms with Crippen molar-refractivity contribution in [1.82, 2.24) is 14.1 Å². The molecule has 1 aromatic carbocycles. The third-order valence-corrected chi connectivity index (χ3v) is 6.38. The molecular weight excluding hydrogens is 322 g/mol. The van der Waals surface area contributed by atoms with Gasteiger partial charge in [0.1, 0.15) is 10.6 Å². The Hall–Kier alpha value is -1.66. The summed E-state index contributed by atoms with van der Waals surface area (Å²) < 4.78 is 29.8. The van der Waals surface area contributed by atoms with Crippen molar-refractivity contribution in [2.45, 2.75) is 44.6 Å². The molecule has 2 aromatic rings. The smallest absolute Gasteiger partial charge is 0.246 e. The Kier molecular flexibility index (Phi) is 4.78. The summed E-state index contributed by atoms with van der Waals surface area (Å²) in [5, 5.41) is 4.57. The van der Waals surface area contributed by atoms with Crippen LogP contribution in [-0.2, 0) is 10.0 Å². The van der Waals surface area contributed by atoms with E-state index in [0.717, 1.165) is 18.4 Å². The third kappa shape index (κ3) is 3.26. The number of hydrogen-bond acceptors (Lipinski definition) is 3. The minimum atomic E-state index is -3.54. The topological polar surface area (TPSA) is 55.2 Å². The zero-order valence-electron chi connectivity index (χ0n) is 14.5. The molecule has 1 saturated heterocycles. The highest BCUT2D eigenvalue weighted by Crippen LogP contribution is 2.31. The summed E-state index contributed by atoms with van der Waals surface area (Å²) in [6.07, 6.45) is 3.68. The molecule has 6 heteroatoms. The fraction of sp³-hybridized carbons (Fsp3) is 0.500. The first-order chi connectivity index (χ1) is 11.4. The van der Waals surface area contributed by atoms with Gasteiger partial charge < -0.3 is 0 Å². The van der Waals surface area contributed by atoms with Crippen molar-refractivity contribution < 1.29 is 8.42 Å². The maximum absolute atomic E-state index is 13.2. The van der Waals surface area contributed by atoms with Crippen molar-refractivity contribution in [2.24, 2.45) is 5.92 Å². The summed E-state index contributed by atoms with van der Waals surface area (Å²) >= 11 is 0. The zero-order chi connectivity index (χ0) is 17.3. The Morgan fingerprint density at radius 1 is 1.21 bits per heavy atom. The second-order valence-electron chi connectivity index (χ2n) is 6.89. The van der Waals surface area contributed by atoms with Crippen molar-refractivity contribution in [3.8, 4) is 11.3 Å². The largest absolute Gasteiger partial charge is 0.268 e. The molecule has 0 radical (unpaired) electrons. The molecule has 1 fully saturated rings. The molecule has 0 spiro atoms. The average Bonchev–Trinajstić information content (AvgIpc) is 3.02. The molecule has 2 heterocycles. The van der Waals surface area contributed by atoms with Gasteiger partial charge in [0, 0.05) is 30.9 Å². The number of rotatable bonds is 4. The zero-order valence-corrected chi connectivity index (χ0v) is 15.3. The van der Waals surface area contributed by atoms with Crippen LogP contribution in [0.3, 0.4) is 0 Å². The molecule has 1 aromatic heterocycles. The van der Waals surface area contributed by atoms with E-state index in [4.69, 9.17) is 0 Å². The van der Waals surface area contributed by atoms with Gasteiger partial charge in [0.05, 0.1) is 0 Å². The van der Waals surface area contributed by atoms with Gasteiger partial charge in [-0.1, -0.05) is 37.3 Å². The second kappa shape index (κ2) is 6.69. The van der Waals surface area contributed by atoms with E-state index in [-0.39, 0.29) is 6.04 Å². The minimum absolute atomic E-state index is 0.108. The third-order valence-electron chi connectivity index (χ3n) is 4.51. The van der Waals surface area contributed by atoms with E-state index >= 15 is 0 Å². The van der Waals surface area contributed by atoms with Gasteiger partial charge in [-0.2, -0.15) is 9.40 Å². The van der Waals surface area contributed by atoms with Crippen LogP contribution in [-0.4, -0.2) is 35.6 Å². The molecule has 1 aliphatic rings. The molecule has 3 rings (SSSR count). The van der Waals surface area contributed by atoms with Crippen LogP contribution in [0.25, 0.3) is 11.3 Å². The van der Waals surface area contributed by atoms with E-state index in [1.165, 1.54) is 0 Å². The Labute approximate surface area is 144 Å². The first-order valence-corrected chi connectivity index (χ1v) is 9.98. The molecule has 1 atom stereocenters. The van der Waals surface area contributed by atoms with Crippen LogP contribution in [0, 0.1) is 5.92 Å². The molecule has 1 unspecified atom stereocenters. The van der Waals surface area contributed by atoms with E-state index in [1.54, 1.807) is 15.2 Å². The number of sulfonamides is 1. The molecule has 0 saturated carbocycles. The van der Waals surface area contributed by atoms with Crippen LogP contribution in [0.4, 0.5) is 0 Å². The quantitative estimate of drug-likeness (QED) is 0.850. The standard InChI is InChI=1S/C18H25N3O2S/c1-14(2)21-13-17(18(19-21)16-9-5-4-6-10-16)24(22,23)20-11-7-8-15(3)12-20/h4-6,9-10,13-15H,7-8,11-12H2,1-3H3. The van der Waals surface area contributed by atoms with Crippen molar-refractivity contribution in [3.05, 3.63) is 36.5 Å². The number of hydrogen-bond donors (Lipinski definition) is 0. The van der Waals surface area contributed by atoms with Gasteiger partial charge in [0.25, 0.3) is 0 Å². The van der Waals surface area contributed by atoms with Crippen LogP contribution in [0.1, 0.15) is 39.7 Å². The average molecular weight is 347 g/mol. The predicted octanol–water partition coefficient (Wildman–Crippen LogP) is 3.55. The normalized spacial score (nSPS) is 19.8. The Morgan fingerprint density at radius 2 is 1.92 bits per heavy atom. The van der Waals surface area contributed by atoms with Crippen molar-refractivity contribution in [2.75, 3.05) is 13.1 Å². The first-order valence-electron chi connectivity index (χ1n) is 8.54. The number of aromatic nitrogens is 2. The van der Waals surface area contributed by atoms with Crippen molar-refractivity contribution >= 4 is 10.0 Å². The summed E-state index contributed by atoms with van der Waals surface area (Å²) in [6, 6.07) is 9.65. The van der Waals surface area contributed by atoms with Gasteiger partial charge in [0.15, 0.2) is 0 Å². The highest BCUT2D eigenvalue weighted by Gasteiger charge is 2.32. The number of nitrogens with zero attached hydrogens (tertiary/aromatic N) is 3. The summed E-state index contributed by atoms with van der Waals surface area (Å²) in [7, 11) is -3.54. The van der Waals surface area contributed by atoms with Crippen molar-refractivity contribution in [3.63, 3.8) is 0 Å². The monoisotopic (exact) mass is 347 g/mol. The molecule has 24 heavy (non-hydrogen) atoms. The fourth-order valence-electron chi connectivity index (χ4n) is 3.13. The summed E-state index contributed by atoms with van der Waals surface area (Å²) in [5.41, 5.74) is 1.38. The van der Waals surface area contributed by atoms with Gasteiger partial charge >= 0.3 is 0 Å². The minimum Gasteiger partial charge on any atom is -0.268 e. The maximum Gasteiger partial charge on any atom is 0.246 e. The number of benzene rings is 1. The maximum atomic E-state index is 13.2. The first kappa shape index (κ1) is 17.2. The second-order valence-corrected chi connectivity index (χ2v) is 8.80. The lowest BCUT2D eigenvalue weighted by atomic mass is 10.0. The van der Waals surface area contributed by atoms with E-state index in [0.29, 0.717) is 29.6 Å². The van der Waals surface area contributed by atoms with Gasteiger partial charge in [-0.3, -0.25) is 4.68 Å². The molecule has 130 valence electrons. The molecule has 0 aliphatic carbocycles.